The zero-order valence-electron chi connectivity index (χ0n) is 10.4. The van der Waals surface area contributed by atoms with Gasteiger partial charge in [-0.1, -0.05) is 34.1 Å². The van der Waals surface area contributed by atoms with Crippen molar-refractivity contribution in [1.82, 2.24) is 9.55 Å². The molecule has 86 valence electrons. The Balaban J connectivity index is 2.71. The summed E-state index contributed by atoms with van der Waals surface area (Å²) in [6.07, 6.45) is 5.16. The molecule has 0 spiro atoms. The van der Waals surface area contributed by atoms with Crippen molar-refractivity contribution in [2.75, 3.05) is 5.73 Å². The lowest BCUT2D eigenvalue weighted by Gasteiger charge is -2.16. The predicted molar refractivity (Wildman–Crippen MR) is 64.7 cm³/mol. The van der Waals surface area contributed by atoms with Crippen LogP contribution in [0.3, 0.4) is 0 Å². The van der Waals surface area contributed by atoms with Crippen molar-refractivity contribution in [3.8, 4) is 0 Å². The van der Waals surface area contributed by atoms with Gasteiger partial charge in [-0.3, -0.25) is 0 Å². The van der Waals surface area contributed by atoms with E-state index in [9.17, 15) is 0 Å². The van der Waals surface area contributed by atoms with E-state index in [-0.39, 0.29) is 5.41 Å². The lowest BCUT2D eigenvalue weighted by molar-refractivity contribution is 0.407. The van der Waals surface area contributed by atoms with Crippen LogP contribution in [0.5, 0.6) is 0 Å². The molecule has 0 amide bonds. The molecule has 0 saturated heterocycles. The van der Waals surface area contributed by atoms with Crippen molar-refractivity contribution < 1.29 is 0 Å². The lowest BCUT2D eigenvalue weighted by Crippen LogP contribution is -2.12. The van der Waals surface area contributed by atoms with Crippen molar-refractivity contribution in [2.24, 2.45) is 5.41 Å². The summed E-state index contributed by atoms with van der Waals surface area (Å²) in [4.78, 5) is 4.39. The first-order valence-electron chi connectivity index (χ1n) is 5.73. The molecule has 0 fully saturated rings. The number of nitrogens with zero attached hydrogens (tertiary/aromatic N) is 2. The zero-order valence-corrected chi connectivity index (χ0v) is 10.4. The number of rotatable bonds is 4. The van der Waals surface area contributed by atoms with Gasteiger partial charge in [0.25, 0.3) is 0 Å². The Hall–Kier alpha value is -0.990. The number of aryl methyl sites for hydroxylation is 1. The minimum atomic E-state index is 0.248. The van der Waals surface area contributed by atoms with Crippen LogP contribution in [0.1, 0.15) is 46.2 Å². The monoisotopic (exact) mass is 209 g/mol. The molecule has 0 aliphatic rings. The molecule has 0 aromatic carbocycles. The van der Waals surface area contributed by atoms with Crippen LogP contribution in [0.4, 0.5) is 5.82 Å². The molecule has 0 aliphatic carbocycles. The molecule has 1 rings (SSSR count). The van der Waals surface area contributed by atoms with Gasteiger partial charge in [0.1, 0.15) is 5.82 Å². The Morgan fingerprint density at radius 1 is 1.40 bits per heavy atom. The fourth-order valence-electron chi connectivity index (χ4n) is 1.58. The zero-order chi connectivity index (χ0) is 11.5. The van der Waals surface area contributed by atoms with Crippen LogP contribution >= 0.6 is 0 Å². The fraction of sp³-hybridized carbons (Fsp3) is 0.750. The van der Waals surface area contributed by atoms with E-state index in [1.807, 2.05) is 6.33 Å². The third-order valence-electron chi connectivity index (χ3n) is 2.41. The van der Waals surface area contributed by atoms with Crippen LogP contribution in [0.25, 0.3) is 0 Å². The van der Waals surface area contributed by atoms with E-state index in [0.717, 1.165) is 30.9 Å². The van der Waals surface area contributed by atoms with Crippen molar-refractivity contribution >= 4 is 5.82 Å². The molecule has 1 heterocycles. The van der Waals surface area contributed by atoms with E-state index in [0.29, 0.717) is 0 Å². The van der Waals surface area contributed by atoms with Gasteiger partial charge in [0.2, 0.25) is 0 Å². The maximum absolute atomic E-state index is 6.05. The van der Waals surface area contributed by atoms with Crippen LogP contribution in [0.15, 0.2) is 6.33 Å². The second kappa shape index (κ2) is 4.69. The second-order valence-corrected chi connectivity index (χ2v) is 5.36. The van der Waals surface area contributed by atoms with E-state index in [4.69, 9.17) is 5.73 Å². The van der Waals surface area contributed by atoms with Gasteiger partial charge in [0.15, 0.2) is 0 Å². The van der Waals surface area contributed by atoms with Crippen molar-refractivity contribution in [3.63, 3.8) is 0 Å². The van der Waals surface area contributed by atoms with Gasteiger partial charge in [-0.2, -0.15) is 0 Å². The second-order valence-electron chi connectivity index (χ2n) is 5.36. The fourth-order valence-corrected chi connectivity index (χ4v) is 1.58. The third-order valence-corrected chi connectivity index (χ3v) is 2.41. The maximum atomic E-state index is 6.05. The molecule has 0 radical (unpaired) electrons. The Bertz CT molecular complexity index is 307. The van der Waals surface area contributed by atoms with Crippen LogP contribution < -0.4 is 5.73 Å². The largest absolute Gasteiger partial charge is 0.384 e. The summed E-state index contributed by atoms with van der Waals surface area (Å²) in [5.74, 6) is 0.846. The first-order chi connectivity index (χ1) is 6.94. The average Bonchev–Trinajstić information content (AvgIpc) is 2.43. The molecule has 0 atom stereocenters. The standard InChI is InChI=1S/C12H23N3/c1-5-6-7-15-9-14-10(11(15)13)8-12(2,3)4/h9H,5-8,13H2,1-4H3. The normalized spacial score (nSPS) is 12.0. The Kier molecular flexibility index (Phi) is 3.77. The van der Waals surface area contributed by atoms with Crippen molar-refractivity contribution in [1.29, 1.82) is 0 Å². The molecule has 2 N–H and O–H groups in total. The molecule has 0 saturated carbocycles. The van der Waals surface area contributed by atoms with E-state index in [1.165, 1.54) is 6.42 Å². The Labute approximate surface area is 92.7 Å². The van der Waals surface area contributed by atoms with Gasteiger partial charge in [-0.25, -0.2) is 4.98 Å². The molecular formula is C12H23N3. The number of anilines is 1. The minimum absolute atomic E-state index is 0.248. The van der Waals surface area contributed by atoms with E-state index >= 15 is 0 Å². The SMILES string of the molecule is CCCCn1cnc(CC(C)(C)C)c1N. The number of imidazole rings is 1. The number of nitrogen functional groups attached to an aromatic ring is 1. The van der Waals surface area contributed by atoms with E-state index in [2.05, 4.69) is 37.2 Å². The van der Waals surface area contributed by atoms with E-state index < -0.39 is 0 Å². The summed E-state index contributed by atoms with van der Waals surface area (Å²) < 4.78 is 2.06. The highest BCUT2D eigenvalue weighted by molar-refractivity contribution is 5.36. The minimum Gasteiger partial charge on any atom is -0.384 e. The van der Waals surface area contributed by atoms with Gasteiger partial charge in [0.05, 0.1) is 12.0 Å². The Morgan fingerprint density at radius 3 is 2.60 bits per heavy atom. The number of aromatic nitrogens is 2. The molecule has 15 heavy (non-hydrogen) atoms. The molecule has 3 nitrogen and oxygen atoms in total. The summed E-state index contributed by atoms with van der Waals surface area (Å²) in [5.41, 5.74) is 7.34. The number of nitrogens with two attached hydrogens (primary N) is 1. The highest BCUT2D eigenvalue weighted by Gasteiger charge is 2.16. The quantitative estimate of drug-likeness (QED) is 0.828. The van der Waals surface area contributed by atoms with Gasteiger partial charge < -0.3 is 10.3 Å². The molecule has 0 bridgehead atoms. The maximum Gasteiger partial charge on any atom is 0.126 e. The number of hydrogen-bond acceptors (Lipinski definition) is 2. The summed E-state index contributed by atoms with van der Waals surface area (Å²) in [5, 5.41) is 0. The van der Waals surface area contributed by atoms with E-state index in [1.54, 1.807) is 0 Å². The highest BCUT2D eigenvalue weighted by atomic mass is 15.1. The molecular weight excluding hydrogens is 186 g/mol. The molecule has 0 aliphatic heterocycles. The van der Waals surface area contributed by atoms with Crippen molar-refractivity contribution in [3.05, 3.63) is 12.0 Å². The van der Waals surface area contributed by atoms with Gasteiger partial charge in [-0.05, 0) is 18.3 Å². The van der Waals surface area contributed by atoms with Crippen LogP contribution in [0.2, 0.25) is 0 Å². The molecule has 1 aromatic rings. The Morgan fingerprint density at radius 2 is 2.07 bits per heavy atom. The summed E-state index contributed by atoms with van der Waals surface area (Å²) in [6.45, 7) is 9.79. The highest BCUT2D eigenvalue weighted by Crippen LogP contribution is 2.23. The smallest absolute Gasteiger partial charge is 0.126 e. The van der Waals surface area contributed by atoms with Gasteiger partial charge in [0, 0.05) is 6.54 Å². The summed E-state index contributed by atoms with van der Waals surface area (Å²) in [6, 6.07) is 0. The predicted octanol–water partition coefficient (Wildman–Crippen LogP) is 2.85. The van der Waals surface area contributed by atoms with Crippen LogP contribution in [-0.2, 0) is 13.0 Å². The first-order valence-corrected chi connectivity index (χ1v) is 5.73. The number of hydrogen-bond donors (Lipinski definition) is 1. The lowest BCUT2D eigenvalue weighted by atomic mass is 9.90. The molecule has 3 heteroatoms. The molecule has 1 aromatic heterocycles. The van der Waals surface area contributed by atoms with Crippen LogP contribution in [0, 0.1) is 5.41 Å². The first kappa shape index (κ1) is 12.1. The van der Waals surface area contributed by atoms with Gasteiger partial charge >= 0.3 is 0 Å². The van der Waals surface area contributed by atoms with Crippen LogP contribution in [-0.4, -0.2) is 9.55 Å². The average molecular weight is 209 g/mol. The van der Waals surface area contributed by atoms with Gasteiger partial charge in [-0.15, -0.1) is 0 Å². The topological polar surface area (TPSA) is 43.8 Å². The number of unbranched alkanes of at least 4 members (excludes halogenated alkanes) is 1. The summed E-state index contributed by atoms with van der Waals surface area (Å²) in [7, 11) is 0. The summed E-state index contributed by atoms with van der Waals surface area (Å²) >= 11 is 0. The van der Waals surface area contributed by atoms with Crippen molar-refractivity contribution in [2.45, 2.75) is 53.5 Å². The molecule has 0 unspecified atom stereocenters. The third kappa shape index (κ3) is 3.57.